The maximum absolute atomic E-state index is 12.5. The lowest BCUT2D eigenvalue weighted by molar-refractivity contribution is -0.421. The maximum atomic E-state index is 12.5. The summed E-state index contributed by atoms with van der Waals surface area (Å²) in [7, 11) is 0. The minimum absolute atomic E-state index is 0.0684. The fourth-order valence-corrected chi connectivity index (χ4v) is 5.54. The summed E-state index contributed by atoms with van der Waals surface area (Å²) in [4.78, 5) is 25.6. The number of hydrogen-bond acceptors (Lipinski definition) is 8. The predicted molar refractivity (Wildman–Crippen MR) is 161 cm³/mol. The van der Waals surface area contributed by atoms with Gasteiger partial charge in [-0.3, -0.25) is 20.2 Å². The van der Waals surface area contributed by atoms with Crippen molar-refractivity contribution in [3.8, 4) is 22.3 Å². The van der Waals surface area contributed by atoms with Crippen LogP contribution in [0.3, 0.4) is 0 Å². The molecule has 0 bridgehead atoms. The van der Waals surface area contributed by atoms with Gasteiger partial charge in [0.15, 0.2) is 0 Å². The summed E-state index contributed by atoms with van der Waals surface area (Å²) < 4.78 is 8.76. The normalized spacial score (nSPS) is 11.0. The second-order valence-corrected chi connectivity index (χ2v) is 9.87. The van der Waals surface area contributed by atoms with Gasteiger partial charge >= 0.3 is 11.4 Å². The van der Waals surface area contributed by atoms with Crippen molar-refractivity contribution in [1.29, 1.82) is 0 Å². The molecule has 6 aromatic rings. The Bertz CT molecular complexity index is 1850. The Kier molecular flexibility index (Phi) is 6.66. The Labute approximate surface area is 238 Å². The molecule has 0 spiro atoms. The third-order valence-electron chi connectivity index (χ3n) is 6.81. The SMILES string of the molecule is Cc1ccc(-c2c([N+](=O)[O-])c([N+](=O)[O-])c(-c3ccc(N(c4ccccc4)c4ccccc4)cc3)c3nsnc23)cc1. The Hall–Kier alpha value is -5.48. The lowest BCUT2D eigenvalue weighted by Crippen LogP contribution is -2.09. The van der Waals surface area contributed by atoms with Crippen molar-refractivity contribution >= 4 is 51.2 Å². The molecule has 6 rings (SSSR count). The third kappa shape index (κ3) is 4.66. The van der Waals surface area contributed by atoms with Gasteiger partial charge in [0.1, 0.15) is 11.0 Å². The zero-order chi connectivity index (χ0) is 28.5. The Balaban J connectivity index is 1.57. The van der Waals surface area contributed by atoms with Gasteiger partial charge in [-0.05, 0) is 54.4 Å². The average Bonchev–Trinajstić information content (AvgIpc) is 3.48. The molecule has 1 heterocycles. The molecule has 0 aliphatic rings. The van der Waals surface area contributed by atoms with Gasteiger partial charge in [0.25, 0.3) is 0 Å². The molecule has 1 aromatic heterocycles. The van der Waals surface area contributed by atoms with Crippen LogP contribution in [0, 0.1) is 27.2 Å². The molecular formula is C31H21N5O4S. The van der Waals surface area contributed by atoms with Crippen LogP contribution in [0.1, 0.15) is 5.56 Å². The summed E-state index contributed by atoms with van der Waals surface area (Å²) in [6.45, 7) is 1.89. The number of nitro benzene ring substituents is 2. The highest BCUT2D eigenvalue weighted by Crippen LogP contribution is 2.49. The van der Waals surface area contributed by atoms with Gasteiger partial charge in [0.2, 0.25) is 0 Å². The van der Waals surface area contributed by atoms with Crippen molar-refractivity contribution in [2.24, 2.45) is 0 Å². The van der Waals surface area contributed by atoms with Crippen LogP contribution in [0.15, 0.2) is 109 Å². The molecule has 0 amide bonds. The van der Waals surface area contributed by atoms with Crippen molar-refractivity contribution < 1.29 is 9.85 Å². The van der Waals surface area contributed by atoms with Gasteiger partial charge < -0.3 is 4.90 Å². The first-order valence-electron chi connectivity index (χ1n) is 12.6. The number of nitrogens with zero attached hydrogens (tertiary/aromatic N) is 5. The molecule has 5 aromatic carbocycles. The van der Waals surface area contributed by atoms with E-state index in [4.69, 9.17) is 0 Å². The molecule has 0 saturated heterocycles. The summed E-state index contributed by atoms with van der Waals surface area (Å²) in [6.07, 6.45) is 0. The Morgan fingerprint density at radius 2 is 0.976 bits per heavy atom. The first kappa shape index (κ1) is 25.8. The number of para-hydroxylation sites is 2. The quantitative estimate of drug-likeness (QED) is 0.142. The maximum Gasteiger partial charge on any atom is 0.356 e. The summed E-state index contributed by atoms with van der Waals surface area (Å²) in [5.74, 6) is 0. The average molecular weight is 560 g/mol. The van der Waals surface area contributed by atoms with Crippen LogP contribution >= 0.6 is 11.7 Å². The van der Waals surface area contributed by atoms with E-state index >= 15 is 0 Å². The highest BCUT2D eigenvalue weighted by Gasteiger charge is 2.38. The van der Waals surface area contributed by atoms with Crippen LogP contribution in [0.5, 0.6) is 0 Å². The molecule has 9 nitrogen and oxygen atoms in total. The first-order valence-corrected chi connectivity index (χ1v) is 13.4. The largest absolute Gasteiger partial charge is 0.356 e. The highest BCUT2D eigenvalue weighted by molar-refractivity contribution is 7.00. The van der Waals surface area contributed by atoms with Crippen LogP contribution in [0.2, 0.25) is 0 Å². The second kappa shape index (κ2) is 10.6. The van der Waals surface area contributed by atoms with Gasteiger partial charge in [-0.1, -0.05) is 78.4 Å². The smallest absolute Gasteiger partial charge is 0.311 e. The van der Waals surface area contributed by atoms with Crippen LogP contribution in [0.25, 0.3) is 33.3 Å². The van der Waals surface area contributed by atoms with E-state index in [-0.39, 0.29) is 22.2 Å². The molecule has 10 heteroatoms. The van der Waals surface area contributed by atoms with Gasteiger partial charge in [0, 0.05) is 17.1 Å². The molecule has 0 aliphatic carbocycles. The van der Waals surface area contributed by atoms with Gasteiger partial charge in [-0.15, -0.1) is 0 Å². The number of benzene rings is 5. The van der Waals surface area contributed by atoms with Gasteiger partial charge in [0.05, 0.1) is 32.7 Å². The van der Waals surface area contributed by atoms with Gasteiger partial charge in [-0.2, -0.15) is 8.75 Å². The Morgan fingerprint density at radius 1 is 0.585 bits per heavy atom. The van der Waals surface area contributed by atoms with Crippen molar-refractivity contribution in [2.45, 2.75) is 6.92 Å². The predicted octanol–water partition coefficient (Wildman–Crippen LogP) is 8.62. The molecule has 0 fully saturated rings. The first-order chi connectivity index (χ1) is 19.9. The number of rotatable bonds is 7. The minimum Gasteiger partial charge on any atom is -0.311 e. The number of anilines is 3. The number of fused-ring (bicyclic) bond motifs is 1. The molecule has 0 N–H and O–H groups in total. The molecular weight excluding hydrogens is 538 g/mol. The number of aromatic nitrogens is 2. The fourth-order valence-electron chi connectivity index (χ4n) is 4.98. The van der Waals surface area contributed by atoms with Gasteiger partial charge in [-0.25, -0.2) is 0 Å². The van der Waals surface area contributed by atoms with Crippen LogP contribution < -0.4 is 4.90 Å². The second-order valence-electron chi connectivity index (χ2n) is 9.34. The molecule has 0 unspecified atom stereocenters. The third-order valence-corrected chi connectivity index (χ3v) is 7.34. The summed E-state index contributed by atoms with van der Waals surface area (Å²) in [5.41, 5.74) is 3.97. The molecule has 0 atom stereocenters. The van der Waals surface area contributed by atoms with Crippen LogP contribution in [-0.4, -0.2) is 18.6 Å². The van der Waals surface area contributed by atoms with E-state index in [9.17, 15) is 20.2 Å². The minimum atomic E-state index is -0.698. The van der Waals surface area contributed by atoms with Crippen molar-refractivity contribution in [2.75, 3.05) is 4.90 Å². The number of aryl methyl sites for hydroxylation is 1. The number of hydrogen-bond donors (Lipinski definition) is 0. The molecule has 200 valence electrons. The van der Waals surface area contributed by atoms with Crippen molar-refractivity contribution in [1.82, 2.24) is 8.75 Å². The van der Waals surface area contributed by atoms with E-state index in [0.717, 1.165) is 34.4 Å². The number of nitro groups is 2. The summed E-state index contributed by atoms with van der Waals surface area (Å²) in [5, 5.41) is 25.0. The monoisotopic (exact) mass is 559 g/mol. The van der Waals surface area contributed by atoms with E-state index < -0.39 is 21.2 Å². The molecule has 0 radical (unpaired) electrons. The van der Waals surface area contributed by atoms with E-state index in [1.54, 1.807) is 36.4 Å². The van der Waals surface area contributed by atoms with Crippen LogP contribution in [-0.2, 0) is 0 Å². The fraction of sp³-hybridized carbons (Fsp3) is 0.0323. The highest BCUT2D eigenvalue weighted by atomic mass is 32.1. The molecule has 0 saturated carbocycles. The summed E-state index contributed by atoms with van der Waals surface area (Å²) >= 11 is 0.864. The van der Waals surface area contributed by atoms with Crippen LogP contribution in [0.4, 0.5) is 28.4 Å². The Morgan fingerprint density at radius 3 is 1.39 bits per heavy atom. The summed E-state index contributed by atoms with van der Waals surface area (Å²) in [6, 6.07) is 33.8. The van der Waals surface area contributed by atoms with E-state index in [1.807, 2.05) is 79.7 Å². The topological polar surface area (TPSA) is 115 Å². The van der Waals surface area contributed by atoms with E-state index in [1.165, 1.54) is 0 Å². The van der Waals surface area contributed by atoms with E-state index in [2.05, 4.69) is 13.6 Å². The lowest BCUT2D eigenvalue weighted by atomic mass is 9.93. The molecule has 0 aliphatic heterocycles. The van der Waals surface area contributed by atoms with Crippen molar-refractivity contribution in [3.63, 3.8) is 0 Å². The zero-order valence-electron chi connectivity index (χ0n) is 21.7. The lowest BCUT2D eigenvalue weighted by Gasteiger charge is -2.25. The zero-order valence-corrected chi connectivity index (χ0v) is 22.5. The molecule has 41 heavy (non-hydrogen) atoms. The van der Waals surface area contributed by atoms with Crippen molar-refractivity contribution in [3.05, 3.63) is 135 Å². The van der Waals surface area contributed by atoms with E-state index in [0.29, 0.717) is 11.1 Å². The standard InChI is InChI=1S/C31H21N5O4S/c1-20-12-14-21(15-13-20)26-28-29(33-41-32-28)27(31(36(39)40)30(26)35(37)38)22-16-18-25(19-17-22)34(23-8-4-2-5-9-23)24-10-6-3-7-11-24/h2-19H,1H3.